The summed E-state index contributed by atoms with van der Waals surface area (Å²) in [6.45, 7) is 3.81. The van der Waals surface area contributed by atoms with Crippen LogP contribution >= 0.6 is 0 Å². The zero-order valence-corrected chi connectivity index (χ0v) is 19.9. The molecule has 0 saturated heterocycles. The molecule has 0 bridgehead atoms. The lowest BCUT2D eigenvalue weighted by Crippen LogP contribution is -2.50. The van der Waals surface area contributed by atoms with E-state index >= 15 is 0 Å². The molecule has 0 aromatic heterocycles. The van der Waals surface area contributed by atoms with Gasteiger partial charge in [0.05, 0.1) is 18.8 Å². The maximum atomic E-state index is 12.0. The number of nitrogens with one attached hydrogen (secondary N) is 1. The van der Waals surface area contributed by atoms with Crippen LogP contribution in [0, 0.1) is 0 Å². The van der Waals surface area contributed by atoms with Crippen molar-refractivity contribution >= 4 is 5.91 Å². The van der Waals surface area contributed by atoms with Crippen molar-refractivity contribution in [2.24, 2.45) is 0 Å². The first kappa shape index (κ1) is 29.4. The molecule has 0 aromatic rings. The highest BCUT2D eigenvalue weighted by Gasteiger charge is 2.26. The van der Waals surface area contributed by atoms with Gasteiger partial charge in [0, 0.05) is 6.42 Å². The standard InChI is InChI=1S/C25H51NO4/c1-3-5-6-7-8-9-10-11-12-13-14-15-16-17-18-20-24(29)26-22(21-27)25(30)23(28)19-4-2/h22-23,25,27-28,30H,3-21H2,1-2H3,(H,26,29). The number of aliphatic hydroxyl groups is 3. The number of rotatable bonds is 22. The number of amides is 1. The van der Waals surface area contributed by atoms with E-state index in [9.17, 15) is 20.1 Å². The average Bonchev–Trinajstić information content (AvgIpc) is 2.74. The predicted molar refractivity (Wildman–Crippen MR) is 125 cm³/mol. The summed E-state index contributed by atoms with van der Waals surface area (Å²) in [5.41, 5.74) is 0. The Morgan fingerprint density at radius 2 is 1.13 bits per heavy atom. The minimum Gasteiger partial charge on any atom is -0.394 e. The normalized spacial score (nSPS) is 14.4. The SMILES string of the molecule is CCCCCCCCCCCCCCCCCC(=O)NC(CO)C(O)C(O)CCC. The molecule has 0 aliphatic heterocycles. The van der Waals surface area contributed by atoms with E-state index < -0.39 is 18.2 Å². The van der Waals surface area contributed by atoms with Crippen molar-refractivity contribution in [3.05, 3.63) is 0 Å². The number of unbranched alkanes of at least 4 members (excludes halogenated alkanes) is 14. The molecule has 0 radical (unpaired) electrons. The van der Waals surface area contributed by atoms with Crippen molar-refractivity contribution in [3.63, 3.8) is 0 Å². The van der Waals surface area contributed by atoms with Gasteiger partial charge in [0.2, 0.25) is 5.91 Å². The minimum absolute atomic E-state index is 0.161. The van der Waals surface area contributed by atoms with Crippen LogP contribution in [0.15, 0.2) is 0 Å². The van der Waals surface area contributed by atoms with Crippen LogP contribution in [-0.4, -0.2) is 46.1 Å². The Kier molecular flexibility index (Phi) is 21.1. The van der Waals surface area contributed by atoms with Gasteiger partial charge < -0.3 is 20.6 Å². The van der Waals surface area contributed by atoms with E-state index in [4.69, 9.17) is 0 Å². The van der Waals surface area contributed by atoms with E-state index in [1.54, 1.807) is 0 Å². The second-order valence-corrected chi connectivity index (χ2v) is 8.90. The van der Waals surface area contributed by atoms with Gasteiger partial charge in [0.25, 0.3) is 0 Å². The molecule has 1 amide bonds. The smallest absolute Gasteiger partial charge is 0.220 e. The summed E-state index contributed by atoms with van der Waals surface area (Å²) in [5, 5.41) is 31.9. The zero-order valence-electron chi connectivity index (χ0n) is 19.9. The molecule has 5 nitrogen and oxygen atoms in total. The number of hydrogen-bond acceptors (Lipinski definition) is 4. The summed E-state index contributed by atoms with van der Waals surface area (Å²) in [4.78, 5) is 12.0. The van der Waals surface area contributed by atoms with Crippen molar-refractivity contribution < 1.29 is 20.1 Å². The van der Waals surface area contributed by atoms with Crippen molar-refractivity contribution in [2.75, 3.05) is 6.61 Å². The second kappa shape index (κ2) is 21.6. The fraction of sp³-hybridized carbons (Fsp3) is 0.960. The lowest BCUT2D eigenvalue weighted by molar-refractivity contribution is -0.124. The summed E-state index contributed by atoms with van der Waals surface area (Å²) in [7, 11) is 0. The average molecular weight is 430 g/mol. The molecule has 4 N–H and O–H groups in total. The largest absolute Gasteiger partial charge is 0.394 e. The van der Waals surface area contributed by atoms with Crippen molar-refractivity contribution in [2.45, 2.75) is 148 Å². The van der Waals surface area contributed by atoms with E-state index in [-0.39, 0.29) is 12.5 Å². The summed E-state index contributed by atoms with van der Waals surface area (Å²) in [6, 6.07) is -0.796. The van der Waals surface area contributed by atoms with Gasteiger partial charge in [-0.25, -0.2) is 0 Å². The van der Waals surface area contributed by atoms with Crippen LogP contribution in [0.2, 0.25) is 0 Å². The minimum atomic E-state index is -1.13. The fourth-order valence-corrected chi connectivity index (χ4v) is 3.91. The molecule has 5 heteroatoms. The number of aliphatic hydroxyl groups excluding tert-OH is 3. The van der Waals surface area contributed by atoms with Gasteiger partial charge in [-0.05, 0) is 12.8 Å². The number of carbonyl (C=O) groups is 1. The lowest BCUT2D eigenvalue weighted by atomic mass is 10.0. The molecular formula is C25H51NO4. The van der Waals surface area contributed by atoms with E-state index in [1.165, 1.54) is 77.0 Å². The van der Waals surface area contributed by atoms with Gasteiger partial charge in [-0.3, -0.25) is 4.79 Å². The van der Waals surface area contributed by atoms with Gasteiger partial charge in [-0.1, -0.05) is 110 Å². The molecule has 0 aromatic carbocycles. The van der Waals surface area contributed by atoms with Crippen LogP contribution in [0.1, 0.15) is 129 Å². The topological polar surface area (TPSA) is 89.8 Å². The Labute approximate surface area is 186 Å². The van der Waals surface area contributed by atoms with E-state index in [2.05, 4.69) is 12.2 Å². The Morgan fingerprint density at radius 3 is 1.53 bits per heavy atom. The zero-order chi connectivity index (χ0) is 22.5. The molecule has 0 aliphatic carbocycles. The van der Waals surface area contributed by atoms with E-state index in [1.807, 2.05) is 6.92 Å². The van der Waals surface area contributed by atoms with Crippen LogP contribution in [-0.2, 0) is 4.79 Å². The van der Waals surface area contributed by atoms with E-state index in [0.717, 1.165) is 25.7 Å². The van der Waals surface area contributed by atoms with Gasteiger partial charge in [-0.15, -0.1) is 0 Å². The van der Waals surface area contributed by atoms with E-state index in [0.29, 0.717) is 12.8 Å². The summed E-state index contributed by atoms with van der Waals surface area (Å²) in [5.74, 6) is -0.161. The van der Waals surface area contributed by atoms with Crippen molar-refractivity contribution in [1.82, 2.24) is 5.32 Å². The first-order valence-electron chi connectivity index (χ1n) is 12.8. The van der Waals surface area contributed by atoms with Crippen molar-refractivity contribution in [3.8, 4) is 0 Å². The highest BCUT2D eigenvalue weighted by atomic mass is 16.3. The quantitative estimate of drug-likeness (QED) is 0.177. The van der Waals surface area contributed by atoms with Crippen LogP contribution in [0.25, 0.3) is 0 Å². The van der Waals surface area contributed by atoms with Crippen LogP contribution in [0.5, 0.6) is 0 Å². The number of carbonyl (C=O) groups excluding carboxylic acids is 1. The van der Waals surface area contributed by atoms with Gasteiger partial charge in [-0.2, -0.15) is 0 Å². The van der Waals surface area contributed by atoms with Crippen molar-refractivity contribution in [1.29, 1.82) is 0 Å². The third-order valence-corrected chi connectivity index (χ3v) is 5.94. The van der Waals surface area contributed by atoms with Gasteiger partial charge in [0.15, 0.2) is 0 Å². The second-order valence-electron chi connectivity index (χ2n) is 8.90. The molecule has 0 fully saturated rings. The lowest BCUT2D eigenvalue weighted by Gasteiger charge is -2.26. The monoisotopic (exact) mass is 429 g/mol. The Hall–Kier alpha value is -0.650. The molecule has 3 unspecified atom stereocenters. The molecule has 0 aliphatic rings. The fourth-order valence-electron chi connectivity index (χ4n) is 3.91. The maximum absolute atomic E-state index is 12.0. The molecule has 0 spiro atoms. The molecule has 30 heavy (non-hydrogen) atoms. The summed E-state index contributed by atoms with van der Waals surface area (Å²) in [6.07, 6.45) is 18.9. The maximum Gasteiger partial charge on any atom is 0.220 e. The molecule has 0 heterocycles. The third kappa shape index (κ3) is 17.1. The summed E-state index contributed by atoms with van der Waals surface area (Å²) < 4.78 is 0. The van der Waals surface area contributed by atoms with Gasteiger partial charge in [0.1, 0.15) is 6.10 Å². The first-order valence-corrected chi connectivity index (χ1v) is 12.8. The first-order chi connectivity index (χ1) is 14.6. The molecular weight excluding hydrogens is 378 g/mol. The Morgan fingerprint density at radius 1 is 0.700 bits per heavy atom. The third-order valence-electron chi connectivity index (χ3n) is 5.94. The highest BCUT2D eigenvalue weighted by molar-refractivity contribution is 5.76. The number of hydrogen-bond donors (Lipinski definition) is 4. The molecule has 0 saturated carbocycles. The van der Waals surface area contributed by atoms with Crippen LogP contribution in [0.4, 0.5) is 0 Å². The Balaban J connectivity index is 3.52. The van der Waals surface area contributed by atoms with Gasteiger partial charge >= 0.3 is 0 Å². The predicted octanol–water partition coefficient (Wildman–Crippen LogP) is 5.25. The Bertz CT molecular complexity index is 378. The summed E-state index contributed by atoms with van der Waals surface area (Å²) >= 11 is 0. The molecule has 0 rings (SSSR count). The van der Waals surface area contributed by atoms with Crippen LogP contribution in [0.3, 0.4) is 0 Å². The highest BCUT2D eigenvalue weighted by Crippen LogP contribution is 2.14. The molecule has 3 atom stereocenters. The van der Waals surface area contributed by atoms with Crippen LogP contribution < -0.4 is 5.32 Å². The molecule has 180 valence electrons.